The maximum absolute atomic E-state index is 11.1. The van der Waals surface area contributed by atoms with E-state index in [0.29, 0.717) is 23.8 Å². The van der Waals surface area contributed by atoms with Crippen LogP contribution in [-0.4, -0.2) is 40.5 Å². The van der Waals surface area contributed by atoms with Gasteiger partial charge >= 0.3 is 5.69 Å². The number of fused-ring (bicyclic) bond motifs is 2. The van der Waals surface area contributed by atoms with Gasteiger partial charge in [0.1, 0.15) is 0 Å². The molecule has 6 heteroatoms. The highest BCUT2D eigenvalue weighted by Gasteiger charge is 2.38. The second kappa shape index (κ2) is 5.60. The van der Waals surface area contributed by atoms with E-state index in [2.05, 4.69) is 22.2 Å². The van der Waals surface area contributed by atoms with Crippen molar-refractivity contribution in [3.63, 3.8) is 0 Å². The van der Waals surface area contributed by atoms with Crippen molar-refractivity contribution in [2.75, 3.05) is 18.9 Å². The van der Waals surface area contributed by atoms with Crippen LogP contribution in [0, 0.1) is 23.0 Å². The van der Waals surface area contributed by atoms with Gasteiger partial charge in [-0.2, -0.15) is 0 Å². The van der Waals surface area contributed by atoms with Gasteiger partial charge in [0.25, 0.3) is 0 Å². The van der Waals surface area contributed by atoms with Gasteiger partial charge < -0.3 is 10.2 Å². The van der Waals surface area contributed by atoms with E-state index < -0.39 is 0 Å². The predicted molar refractivity (Wildman–Crippen MR) is 81.4 cm³/mol. The van der Waals surface area contributed by atoms with Crippen molar-refractivity contribution in [3.05, 3.63) is 27.9 Å². The second-order valence-corrected chi connectivity index (χ2v) is 6.41. The number of aromatic nitrogens is 1. The summed E-state index contributed by atoms with van der Waals surface area (Å²) < 4.78 is 0. The third-order valence-corrected chi connectivity index (χ3v) is 4.96. The van der Waals surface area contributed by atoms with Gasteiger partial charge in [-0.25, -0.2) is 4.98 Å². The van der Waals surface area contributed by atoms with Crippen LogP contribution in [0.1, 0.15) is 31.2 Å². The Hall–Kier alpha value is -1.69. The Balaban J connectivity index is 1.65. The molecule has 3 heterocycles. The minimum atomic E-state index is -0.360. The molecule has 0 saturated carbocycles. The van der Waals surface area contributed by atoms with Gasteiger partial charge in [0.2, 0.25) is 5.82 Å². The highest BCUT2D eigenvalue weighted by molar-refractivity contribution is 5.56. The van der Waals surface area contributed by atoms with Crippen molar-refractivity contribution in [2.45, 2.75) is 44.7 Å². The van der Waals surface area contributed by atoms with Gasteiger partial charge in [-0.15, -0.1) is 0 Å². The summed E-state index contributed by atoms with van der Waals surface area (Å²) in [6.07, 6.45) is 6.62. The van der Waals surface area contributed by atoms with Crippen LogP contribution < -0.4 is 5.32 Å². The highest BCUT2D eigenvalue weighted by Crippen LogP contribution is 2.37. The fourth-order valence-corrected chi connectivity index (χ4v) is 3.76. The van der Waals surface area contributed by atoms with Crippen LogP contribution >= 0.6 is 0 Å². The predicted octanol–water partition coefficient (Wildman–Crippen LogP) is 2.58. The summed E-state index contributed by atoms with van der Waals surface area (Å²) in [7, 11) is 2.22. The summed E-state index contributed by atoms with van der Waals surface area (Å²) in [4.78, 5) is 17.4. The molecule has 0 amide bonds. The molecule has 6 nitrogen and oxygen atoms in total. The molecule has 2 saturated heterocycles. The number of nitro groups is 1. The lowest BCUT2D eigenvalue weighted by molar-refractivity contribution is -0.384. The fraction of sp³-hybridized carbons (Fsp3) is 0.667. The van der Waals surface area contributed by atoms with Gasteiger partial charge in [-0.3, -0.25) is 10.1 Å². The smallest absolute Gasteiger partial charge is 0.311 e. The maximum atomic E-state index is 11.1. The largest absolute Gasteiger partial charge is 0.364 e. The average Bonchev–Trinajstić information content (AvgIpc) is 2.68. The van der Waals surface area contributed by atoms with Crippen LogP contribution in [0.4, 0.5) is 11.5 Å². The van der Waals surface area contributed by atoms with Crippen molar-refractivity contribution in [2.24, 2.45) is 5.92 Å². The molecule has 2 bridgehead atoms. The molecule has 1 aromatic rings. The van der Waals surface area contributed by atoms with E-state index >= 15 is 0 Å². The SMILES string of the molecule is Cc1cnc(NCC2CC3CCC(C2)N3C)c([N+](=O)[O-])c1. The Morgan fingerprint density at radius 1 is 1.43 bits per heavy atom. The Bertz CT molecular complexity index is 534. The first kappa shape index (κ1) is 14.3. The molecule has 2 aliphatic rings. The first-order valence-electron chi connectivity index (χ1n) is 7.61. The number of rotatable bonds is 4. The third-order valence-electron chi connectivity index (χ3n) is 4.96. The van der Waals surface area contributed by atoms with E-state index in [1.165, 1.54) is 25.7 Å². The molecular weight excluding hydrogens is 268 g/mol. The zero-order valence-electron chi connectivity index (χ0n) is 12.6. The molecule has 2 unspecified atom stereocenters. The molecule has 0 aliphatic carbocycles. The molecule has 1 aromatic heterocycles. The van der Waals surface area contributed by atoms with Crippen LogP contribution in [0.25, 0.3) is 0 Å². The quantitative estimate of drug-likeness (QED) is 0.681. The zero-order chi connectivity index (χ0) is 15.0. The summed E-state index contributed by atoms with van der Waals surface area (Å²) >= 11 is 0. The van der Waals surface area contributed by atoms with Crippen LogP contribution in [0.15, 0.2) is 12.3 Å². The van der Waals surface area contributed by atoms with E-state index in [1.54, 1.807) is 12.3 Å². The number of hydrogen-bond donors (Lipinski definition) is 1. The van der Waals surface area contributed by atoms with Crippen molar-refractivity contribution in [1.82, 2.24) is 9.88 Å². The van der Waals surface area contributed by atoms with E-state index in [1.807, 2.05) is 6.92 Å². The Kier molecular flexibility index (Phi) is 3.80. The van der Waals surface area contributed by atoms with Gasteiger partial charge in [-0.05, 0) is 51.1 Å². The molecule has 21 heavy (non-hydrogen) atoms. The van der Waals surface area contributed by atoms with Crippen molar-refractivity contribution in [3.8, 4) is 0 Å². The summed E-state index contributed by atoms with van der Waals surface area (Å²) in [5.41, 5.74) is 0.885. The monoisotopic (exact) mass is 290 g/mol. The second-order valence-electron chi connectivity index (χ2n) is 6.41. The van der Waals surface area contributed by atoms with E-state index in [-0.39, 0.29) is 10.6 Å². The van der Waals surface area contributed by atoms with E-state index in [9.17, 15) is 10.1 Å². The molecule has 3 rings (SSSR count). The first-order valence-corrected chi connectivity index (χ1v) is 7.61. The molecule has 0 radical (unpaired) electrons. The van der Waals surface area contributed by atoms with Crippen LogP contribution in [-0.2, 0) is 0 Å². The van der Waals surface area contributed by atoms with E-state index in [0.717, 1.165) is 12.1 Å². The standard InChI is InChI=1S/C15H22N4O2/c1-10-5-14(19(20)21)15(16-8-10)17-9-11-6-12-3-4-13(7-11)18(12)2/h5,8,11-13H,3-4,6-7,9H2,1-2H3,(H,16,17). The lowest BCUT2D eigenvalue weighted by Crippen LogP contribution is -2.41. The number of nitrogens with zero attached hydrogens (tertiary/aromatic N) is 3. The van der Waals surface area contributed by atoms with Crippen molar-refractivity contribution >= 4 is 11.5 Å². The minimum absolute atomic E-state index is 0.0749. The number of hydrogen-bond acceptors (Lipinski definition) is 5. The van der Waals surface area contributed by atoms with Gasteiger partial charge in [-0.1, -0.05) is 0 Å². The Morgan fingerprint density at radius 2 is 2.10 bits per heavy atom. The topological polar surface area (TPSA) is 71.3 Å². The molecule has 1 N–H and O–H groups in total. The molecule has 2 aliphatic heterocycles. The number of nitrogens with one attached hydrogen (secondary N) is 1. The molecule has 0 aromatic carbocycles. The first-order chi connectivity index (χ1) is 10.0. The zero-order valence-corrected chi connectivity index (χ0v) is 12.6. The molecule has 114 valence electrons. The van der Waals surface area contributed by atoms with Crippen LogP contribution in [0.3, 0.4) is 0 Å². The minimum Gasteiger partial charge on any atom is -0.364 e. The summed E-state index contributed by atoms with van der Waals surface area (Å²) in [6.45, 7) is 2.59. The third kappa shape index (κ3) is 2.85. The molecular formula is C15H22N4O2. The van der Waals surface area contributed by atoms with E-state index in [4.69, 9.17) is 0 Å². The number of piperidine rings is 1. The highest BCUT2D eigenvalue weighted by atomic mass is 16.6. The van der Waals surface area contributed by atoms with Crippen molar-refractivity contribution in [1.29, 1.82) is 0 Å². The summed E-state index contributed by atoms with van der Waals surface area (Å²) in [5, 5.41) is 14.3. The lowest BCUT2D eigenvalue weighted by atomic mass is 9.91. The number of anilines is 1. The fourth-order valence-electron chi connectivity index (χ4n) is 3.76. The molecule has 2 fully saturated rings. The van der Waals surface area contributed by atoms with Gasteiger partial charge in [0.15, 0.2) is 0 Å². The number of aryl methyl sites for hydroxylation is 1. The molecule has 2 atom stereocenters. The average molecular weight is 290 g/mol. The summed E-state index contributed by atoms with van der Waals surface area (Å²) in [5.74, 6) is 0.985. The molecule has 0 spiro atoms. The van der Waals surface area contributed by atoms with Crippen LogP contribution in [0.5, 0.6) is 0 Å². The van der Waals surface area contributed by atoms with Crippen LogP contribution in [0.2, 0.25) is 0 Å². The van der Waals surface area contributed by atoms with Gasteiger partial charge in [0, 0.05) is 30.9 Å². The van der Waals surface area contributed by atoms with Gasteiger partial charge in [0.05, 0.1) is 4.92 Å². The normalized spacial score (nSPS) is 28.6. The Morgan fingerprint density at radius 3 is 2.71 bits per heavy atom. The summed E-state index contributed by atoms with van der Waals surface area (Å²) in [6, 6.07) is 2.96. The van der Waals surface area contributed by atoms with Crippen molar-refractivity contribution < 1.29 is 4.92 Å². The Labute approximate surface area is 124 Å². The number of pyridine rings is 1. The maximum Gasteiger partial charge on any atom is 0.311 e. The lowest BCUT2D eigenvalue weighted by Gasteiger charge is -2.36.